The molecule has 1 heterocycles. The molecule has 26 heavy (non-hydrogen) atoms. The van der Waals surface area contributed by atoms with Gasteiger partial charge >= 0.3 is 0 Å². The summed E-state index contributed by atoms with van der Waals surface area (Å²) in [6, 6.07) is 15.5. The molecule has 2 aromatic carbocycles. The number of morpholine rings is 1. The SMILES string of the molecule is CC1CN(Cc2ccc(CNC(=O)c3ccccc3N)cc2)CC(C)O1. The van der Waals surface area contributed by atoms with E-state index in [1.165, 1.54) is 5.56 Å². The highest BCUT2D eigenvalue weighted by Gasteiger charge is 2.21. The smallest absolute Gasteiger partial charge is 0.253 e. The van der Waals surface area contributed by atoms with Gasteiger partial charge in [-0.05, 0) is 37.1 Å². The van der Waals surface area contributed by atoms with Gasteiger partial charge in [0.25, 0.3) is 5.91 Å². The van der Waals surface area contributed by atoms with Crippen molar-refractivity contribution in [3.8, 4) is 0 Å². The van der Waals surface area contributed by atoms with Crippen molar-refractivity contribution in [2.75, 3.05) is 18.8 Å². The number of ether oxygens (including phenoxy) is 1. The summed E-state index contributed by atoms with van der Waals surface area (Å²) in [5, 5.41) is 2.92. The molecule has 1 amide bonds. The number of hydrogen-bond acceptors (Lipinski definition) is 4. The molecule has 1 fully saturated rings. The third kappa shape index (κ3) is 4.84. The molecular weight excluding hydrogens is 326 g/mol. The molecule has 0 aliphatic carbocycles. The molecule has 2 unspecified atom stereocenters. The minimum absolute atomic E-state index is 0.150. The van der Waals surface area contributed by atoms with E-state index in [4.69, 9.17) is 10.5 Å². The normalized spacial score (nSPS) is 20.7. The van der Waals surface area contributed by atoms with Crippen molar-refractivity contribution in [1.29, 1.82) is 0 Å². The fourth-order valence-corrected chi connectivity index (χ4v) is 3.42. The van der Waals surface area contributed by atoms with Gasteiger partial charge in [0.05, 0.1) is 17.8 Å². The molecule has 5 heteroatoms. The molecule has 1 aliphatic rings. The van der Waals surface area contributed by atoms with Gasteiger partial charge in [-0.25, -0.2) is 0 Å². The molecule has 0 radical (unpaired) electrons. The molecule has 3 rings (SSSR count). The number of hydrogen-bond donors (Lipinski definition) is 2. The summed E-state index contributed by atoms with van der Waals surface area (Å²) < 4.78 is 5.78. The average Bonchev–Trinajstić information content (AvgIpc) is 2.60. The zero-order valence-corrected chi connectivity index (χ0v) is 15.4. The first-order valence-electron chi connectivity index (χ1n) is 9.09. The lowest BCUT2D eigenvalue weighted by Crippen LogP contribution is -2.44. The number of carbonyl (C=O) groups excluding carboxylic acids is 1. The third-order valence-corrected chi connectivity index (χ3v) is 4.58. The minimum Gasteiger partial charge on any atom is -0.398 e. The molecule has 0 spiro atoms. The first-order chi connectivity index (χ1) is 12.5. The van der Waals surface area contributed by atoms with Gasteiger partial charge in [0.15, 0.2) is 0 Å². The summed E-state index contributed by atoms with van der Waals surface area (Å²) in [6.45, 7) is 7.56. The number of para-hydroxylation sites is 1. The highest BCUT2D eigenvalue weighted by atomic mass is 16.5. The maximum Gasteiger partial charge on any atom is 0.253 e. The lowest BCUT2D eigenvalue weighted by atomic mass is 10.1. The fourth-order valence-electron chi connectivity index (χ4n) is 3.42. The van der Waals surface area contributed by atoms with E-state index in [1.54, 1.807) is 12.1 Å². The molecule has 0 saturated carbocycles. The predicted octanol–water partition coefficient (Wildman–Crippen LogP) is 2.81. The molecule has 138 valence electrons. The van der Waals surface area contributed by atoms with Crippen LogP contribution in [0.25, 0.3) is 0 Å². The number of benzene rings is 2. The van der Waals surface area contributed by atoms with Crippen LogP contribution in [0, 0.1) is 0 Å². The maximum atomic E-state index is 12.2. The van der Waals surface area contributed by atoms with E-state index >= 15 is 0 Å². The Morgan fingerprint density at radius 2 is 1.69 bits per heavy atom. The van der Waals surface area contributed by atoms with Crippen LogP contribution in [0.5, 0.6) is 0 Å². The monoisotopic (exact) mass is 353 g/mol. The first-order valence-corrected chi connectivity index (χ1v) is 9.09. The number of rotatable bonds is 5. The Kier molecular flexibility index (Phi) is 5.91. The highest BCUT2D eigenvalue weighted by molar-refractivity contribution is 5.98. The van der Waals surface area contributed by atoms with Crippen molar-refractivity contribution in [3.05, 3.63) is 65.2 Å². The predicted molar refractivity (Wildman–Crippen MR) is 104 cm³/mol. The van der Waals surface area contributed by atoms with E-state index in [0.29, 0.717) is 17.8 Å². The van der Waals surface area contributed by atoms with Crippen LogP contribution in [0.3, 0.4) is 0 Å². The Morgan fingerprint density at radius 1 is 1.08 bits per heavy atom. The lowest BCUT2D eigenvalue weighted by molar-refractivity contribution is -0.0704. The molecule has 2 aromatic rings. The summed E-state index contributed by atoms with van der Waals surface area (Å²) in [5.74, 6) is -0.150. The van der Waals surface area contributed by atoms with E-state index in [9.17, 15) is 4.79 Å². The van der Waals surface area contributed by atoms with E-state index in [-0.39, 0.29) is 18.1 Å². The van der Waals surface area contributed by atoms with Crippen LogP contribution in [-0.4, -0.2) is 36.1 Å². The van der Waals surface area contributed by atoms with Crippen LogP contribution in [-0.2, 0) is 17.8 Å². The Hall–Kier alpha value is -2.37. The summed E-state index contributed by atoms with van der Waals surface area (Å²) in [6.07, 6.45) is 0.553. The van der Waals surface area contributed by atoms with E-state index in [1.807, 2.05) is 12.1 Å². The first kappa shape index (κ1) is 18.4. The van der Waals surface area contributed by atoms with Crippen molar-refractivity contribution >= 4 is 11.6 Å². The summed E-state index contributed by atoms with van der Waals surface area (Å²) in [5.41, 5.74) is 9.19. The summed E-state index contributed by atoms with van der Waals surface area (Å²) in [4.78, 5) is 14.6. The van der Waals surface area contributed by atoms with Gasteiger partial charge in [-0.3, -0.25) is 9.69 Å². The number of carbonyl (C=O) groups is 1. The van der Waals surface area contributed by atoms with Crippen molar-refractivity contribution in [3.63, 3.8) is 0 Å². The standard InChI is InChI=1S/C21H27N3O2/c1-15-12-24(13-16(2)26-15)14-18-9-7-17(8-10-18)11-23-21(25)19-5-3-4-6-20(19)22/h3-10,15-16H,11-14,22H2,1-2H3,(H,23,25). The zero-order valence-electron chi connectivity index (χ0n) is 15.4. The fraction of sp³-hybridized carbons (Fsp3) is 0.381. The van der Waals surface area contributed by atoms with Crippen molar-refractivity contribution in [1.82, 2.24) is 10.2 Å². The number of nitrogens with zero attached hydrogens (tertiary/aromatic N) is 1. The number of nitrogens with two attached hydrogens (primary N) is 1. The van der Waals surface area contributed by atoms with Gasteiger partial charge in [0, 0.05) is 31.9 Å². The number of amides is 1. The molecule has 2 atom stereocenters. The average molecular weight is 353 g/mol. The van der Waals surface area contributed by atoms with E-state index in [2.05, 4.69) is 48.3 Å². The third-order valence-electron chi connectivity index (χ3n) is 4.58. The van der Waals surface area contributed by atoms with Crippen LogP contribution >= 0.6 is 0 Å². The quantitative estimate of drug-likeness (QED) is 0.811. The van der Waals surface area contributed by atoms with Crippen LogP contribution in [0.1, 0.15) is 35.3 Å². The van der Waals surface area contributed by atoms with Crippen LogP contribution in [0.2, 0.25) is 0 Å². The zero-order chi connectivity index (χ0) is 18.5. The second kappa shape index (κ2) is 8.34. The second-order valence-electron chi connectivity index (χ2n) is 7.04. The number of nitrogen functional groups attached to an aromatic ring is 1. The van der Waals surface area contributed by atoms with Gasteiger partial charge in [0.2, 0.25) is 0 Å². The molecule has 3 N–H and O–H groups in total. The van der Waals surface area contributed by atoms with Gasteiger partial charge in [-0.15, -0.1) is 0 Å². The number of nitrogens with one attached hydrogen (secondary N) is 1. The molecule has 1 aliphatic heterocycles. The Morgan fingerprint density at radius 3 is 2.35 bits per heavy atom. The minimum atomic E-state index is -0.150. The molecular formula is C21H27N3O2. The van der Waals surface area contributed by atoms with Crippen LogP contribution < -0.4 is 11.1 Å². The van der Waals surface area contributed by atoms with Crippen molar-refractivity contribution < 1.29 is 9.53 Å². The summed E-state index contributed by atoms with van der Waals surface area (Å²) >= 11 is 0. The van der Waals surface area contributed by atoms with Gasteiger partial charge in [-0.1, -0.05) is 36.4 Å². The Bertz CT molecular complexity index is 735. The van der Waals surface area contributed by atoms with Crippen molar-refractivity contribution in [2.45, 2.75) is 39.1 Å². The highest BCUT2D eigenvalue weighted by Crippen LogP contribution is 2.15. The summed E-state index contributed by atoms with van der Waals surface area (Å²) in [7, 11) is 0. The van der Waals surface area contributed by atoms with E-state index < -0.39 is 0 Å². The van der Waals surface area contributed by atoms with Gasteiger partial charge in [0.1, 0.15) is 0 Å². The molecule has 5 nitrogen and oxygen atoms in total. The van der Waals surface area contributed by atoms with Crippen molar-refractivity contribution in [2.24, 2.45) is 0 Å². The maximum absolute atomic E-state index is 12.2. The lowest BCUT2D eigenvalue weighted by Gasteiger charge is -2.35. The number of anilines is 1. The molecule has 0 aromatic heterocycles. The topological polar surface area (TPSA) is 67.6 Å². The second-order valence-corrected chi connectivity index (χ2v) is 7.04. The van der Waals surface area contributed by atoms with Gasteiger partial charge in [-0.2, -0.15) is 0 Å². The molecule has 1 saturated heterocycles. The largest absolute Gasteiger partial charge is 0.398 e. The van der Waals surface area contributed by atoms with Crippen LogP contribution in [0.15, 0.2) is 48.5 Å². The van der Waals surface area contributed by atoms with E-state index in [0.717, 1.165) is 25.2 Å². The van der Waals surface area contributed by atoms with Crippen LogP contribution in [0.4, 0.5) is 5.69 Å². The van der Waals surface area contributed by atoms with Gasteiger partial charge < -0.3 is 15.8 Å². The molecule has 0 bridgehead atoms. The Labute approximate surface area is 155 Å². The Balaban J connectivity index is 1.53.